The van der Waals surface area contributed by atoms with Gasteiger partial charge in [0.1, 0.15) is 5.82 Å². The molecule has 2 aromatic rings. The molecule has 1 saturated heterocycles. The van der Waals surface area contributed by atoms with Crippen LogP contribution in [0.2, 0.25) is 0 Å². The summed E-state index contributed by atoms with van der Waals surface area (Å²) < 4.78 is 43.3. The van der Waals surface area contributed by atoms with Crippen LogP contribution < -0.4 is 0 Å². The van der Waals surface area contributed by atoms with Crippen molar-refractivity contribution in [2.24, 2.45) is 0 Å². The number of Topliss-reactive ketones (excluding diaryl/α,β-unsaturated/α-hetero) is 1. The van der Waals surface area contributed by atoms with Crippen molar-refractivity contribution in [2.45, 2.75) is 26.3 Å². The number of nitrogens with zero attached hydrogens (tertiary/aromatic N) is 1. The maximum absolute atomic E-state index is 12.9. The van der Waals surface area contributed by atoms with Crippen LogP contribution in [0.25, 0.3) is 6.08 Å². The molecule has 1 fully saturated rings. The van der Waals surface area contributed by atoms with Crippen LogP contribution in [0.3, 0.4) is 0 Å². The number of sulfone groups is 1. The molecular weight excluding hydrogens is 397 g/mol. The lowest BCUT2D eigenvalue weighted by Gasteiger charge is -2.16. The van der Waals surface area contributed by atoms with E-state index in [-0.39, 0.29) is 29.1 Å². The molecular formula is C21H22FNO5S. The minimum Gasteiger partial charge on any atom is -0.454 e. The molecule has 3 rings (SSSR count). The van der Waals surface area contributed by atoms with Crippen molar-refractivity contribution < 1.29 is 27.1 Å². The monoisotopic (exact) mass is 419 g/mol. The molecule has 1 aromatic carbocycles. The Balaban J connectivity index is 1.63. The fourth-order valence-electron chi connectivity index (χ4n) is 3.60. The number of ketones is 1. The van der Waals surface area contributed by atoms with Gasteiger partial charge in [-0.2, -0.15) is 0 Å². The molecule has 29 heavy (non-hydrogen) atoms. The topological polar surface area (TPSA) is 82.4 Å². The molecule has 0 saturated carbocycles. The molecule has 1 atom stereocenters. The van der Waals surface area contributed by atoms with Crippen LogP contribution in [0.4, 0.5) is 4.39 Å². The van der Waals surface area contributed by atoms with Crippen molar-refractivity contribution in [2.75, 3.05) is 18.1 Å². The van der Waals surface area contributed by atoms with Crippen LogP contribution in [0.15, 0.2) is 36.4 Å². The number of halogens is 1. The Labute approximate surface area is 168 Å². The lowest BCUT2D eigenvalue weighted by atomic mass is 10.1. The quantitative estimate of drug-likeness (QED) is 0.408. The van der Waals surface area contributed by atoms with Gasteiger partial charge >= 0.3 is 5.97 Å². The molecule has 0 aliphatic carbocycles. The predicted molar refractivity (Wildman–Crippen MR) is 107 cm³/mol. The highest BCUT2D eigenvalue weighted by Crippen LogP contribution is 2.29. The van der Waals surface area contributed by atoms with Gasteiger partial charge in [0.2, 0.25) is 5.78 Å². The number of aryl methyl sites for hydroxylation is 1. The van der Waals surface area contributed by atoms with Gasteiger partial charge in [-0.3, -0.25) is 4.79 Å². The Bertz CT molecular complexity index is 1070. The van der Waals surface area contributed by atoms with Gasteiger partial charge in [-0.1, -0.05) is 12.1 Å². The number of hydrogen-bond donors (Lipinski definition) is 0. The summed E-state index contributed by atoms with van der Waals surface area (Å²) in [4.78, 5) is 24.4. The number of ether oxygens (including phenoxy) is 1. The molecule has 0 bridgehead atoms. The molecule has 0 spiro atoms. The summed E-state index contributed by atoms with van der Waals surface area (Å²) in [6.07, 6.45) is 3.17. The van der Waals surface area contributed by atoms with Gasteiger partial charge in [0.05, 0.1) is 11.5 Å². The summed E-state index contributed by atoms with van der Waals surface area (Å²) in [5.41, 5.74) is 2.52. The number of esters is 1. The second kappa shape index (κ2) is 8.32. The third-order valence-electron chi connectivity index (χ3n) is 4.99. The van der Waals surface area contributed by atoms with Gasteiger partial charge < -0.3 is 9.30 Å². The van der Waals surface area contributed by atoms with E-state index < -0.39 is 22.4 Å². The standard InChI is InChI=1S/C21H22FNO5S/c1-14-11-19(15(2)23(14)18-9-10-29(26,27)13-18)20(24)12-28-21(25)8-5-16-3-6-17(22)7-4-16/h3-8,11,18H,9-10,12-13H2,1-2H3/b8-5+/t18-/m1/s1. The first-order chi connectivity index (χ1) is 13.7. The molecule has 2 heterocycles. The van der Waals surface area contributed by atoms with E-state index in [4.69, 9.17) is 4.74 Å². The number of aromatic nitrogens is 1. The third-order valence-corrected chi connectivity index (χ3v) is 6.74. The van der Waals surface area contributed by atoms with Crippen LogP contribution in [0.1, 0.15) is 39.8 Å². The maximum Gasteiger partial charge on any atom is 0.331 e. The Morgan fingerprint density at radius 3 is 2.55 bits per heavy atom. The largest absolute Gasteiger partial charge is 0.454 e. The zero-order valence-electron chi connectivity index (χ0n) is 16.2. The molecule has 1 aromatic heterocycles. The van der Waals surface area contributed by atoms with Crippen LogP contribution in [0.5, 0.6) is 0 Å². The lowest BCUT2D eigenvalue weighted by molar-refractivity contribution is -0.136. The van der Waals surface area contributed by atoms with E-state index in [1.807, 2.05) is 11.5 Å². The SMILES string of the molecule is Cc1cc(C(=O)COC(=O)/C=C/c2ccc(F)cc2)c(C)n1[C@@H]1CCS(=O)(=O)C1. The molecule has 8 heteroatoms. The van der Waals surface area contributed by atoms with E-state index >= 15 is 0 Å². The van der Waals surface area contributed by atoms with E-state index in [1.54, 1.807) is 13.0 Å². The zero-order valence-corrected chi connectivity index (χ0v) is 17.0. The zero-order chi connectivity index (χ0) is 21.2. The first-order valence-electron chi connectivity index (χ1n) is 9.19. The fourth-order valence-corrected chi connectivity index (χ4v) is 5.30. The smallest absolute Gasteiger partial charge is 0.331 e. The number of carbonyl (C=O) groups is 2. The van der Waals surface area contributed by atoms with Gasteiger partial charge in [0.25, 0.3) is 0 Å². The second-order valence-electron chi connectivity index (χ2n) is 7.13. The van der Waals surface area contributed by atoms with Crippen molar-refractivity contribution in [3.63, 3.8) is 0 Å². The maximum atomic E-state index is 12.9. The summed E-state index contributed by atoms with van der Waals surface area (Å²) in [6, 6.07) is 7.11. The van der Waals surface area contributed by atoms with E-state index in [9.17, 15) is 22.4 Å². The van der Waals surface area contributed by atoms with Crippen molar-refractivity contribution >= 4 is 27.7 Å². The summed E-state index contributed by atoms with van der Waals surface area (Å²) in [5, 5.41) is 0. The number of hydrogen-bond acceptors (Lipinski definition) is 5. The summed E-state index contributed by atoms with van der Waals surface area (Å²) in [7, 11) is -3.04. The summed E-state index contributed by atoms with van der Waals surface area (Å²) in [6.45, 7) is 3.17. The van der Waals surface area contributed by atoms with E-state index in [0.717, 1.165) is 5.69 Å². The van der Waals surface area contributed by atoms with Crippen molar-refractivity contribution in [3.05, 3.63) is 64.7 Å². The summed E-state index contributed by atoms with van der Waals surface area (Å²) >= 11 is 0. The number of benzene rings is 1. The van der Waals surface area contributed by atoms with Gasteiger partial charge in [-0.05, 0) is 50.1 Å². The van der Waals surface area contributed by atoms with E-state index in [0.29, 0.717) is 23.2 Å². The average Bonchev–Trinajstić information content (AvgIpc) is 3.17. The molecule has 0 N–H and O–H groups in total. The lowest BCUT2D eigenvalue weighted by Crippen LogP contribution is -2.16. The Kier molecular flexibility index (Phi) is 6.02. The molecule has 0 unspecified atom stereocenters. The molecule has 1 aliphatic heterocycles. The molecule has 154 valence electrons. The Morgan fingerprint density at radius 1 is 1.24 bits per heavy atom. The Hall–Kier alpha value is -2.74. The number of rotatable bonds is 6. The molecule has 6 nitrogen and oxygen atoms in total. The first kappa shape index (κ1) is 21.0. The Morgan fingerprint density at radius 2 is 1.93 bits per heavy atom. The van der Waals surface area contributed by atoms with Crippen molar-refractivity contribution in [3.8, 4) is 0 Å². The molecule has 1 aliphatic rings. The number of carbonyl (C=O) groups excluding carboxylic acids is 2. The van der Waals surface area contributed by atoms with Crippen molar-refractivity contribution in [1.29, 1.82) is 0 Å². The average molecular weight is 419 g/mol. The van der Waals surface area contributed by atoms with Crippen molar-refractivity contribution in [1.82, 2.24) is 4.57 Å². The molecule has 0 amide bonds. The first-order valence-corrected chi connectivity index (χ1v) is 11.0. The van der Waals surface area contributed by atoms with Gasteiger partial charge in [-0.25, -0.2) is 17.6 Å². The molecule has 0 radical (unpaired) electrons. The normalized spacial score (nSPS) is 18.2. The van der Waals surface area contributed by atoms with Crippen LogP contribution >= 0.6 is 0 Å². The minimum absolute atomic E-state index is 0.0696. The van der Waals surface area contributed by atoms with Crippen LogP contribution in [-0.4, -0.2) is 42.9 Å². The van der Waals surface area contributed by atoms with Gasteiger partial charge in [0.15, 0.2) is 16.4 Å². The summed E-state index contributed by atoms with van der Waals surface area (Å²) in [5.74, 6) is -1.19. The third kappa shape index (κ3) is 5.00. The van der Waals surface area contributed by atoms with Gasteiger partial charge in [0, 0.05) is 29.1 Å². The predicted octanol–water partition coefficient (Wildman–Crippen LogP) is 3.04. The van der Waals surface area contributed by atoms with E-state index in [1.165, 1.54) is 36.4 Å². The van der Waals surface area contributed by atoms with E-state index in [2.05, 4.69) is 0 Å². The fraction of sp³-hybridized carbons (Fsp3) is 0.333. The van der Waals surface area contributed by atoms with Crippen LogP contribution in [0, 0.1) is 19.7 Å². The van der Waals surface area contributed by atoms with Gasteiger partial charge in [-0.15, -0.1) is 0 Å². The highest BCUT2D eigenvalue weighted by Gasteiger charge is 2.31. The van der Waals surface area contributed by atoms with Crippen LogP contribution in [-0.2, 0) is 19.4 Å². The second-order valence-corrected chi connectivity index (χ2v) is 9.36. The minimum atomic E-state index is -3.04. The highest BCUT2D eigenvalue weighted by atomic mass is 32.2. The highest BCUT2D eigenvalue weighted by molar-refractivity contribution is 7.91.